The Hall–Kier alpha value is -1.85. The summed E-state index contributed by atoms with van der Waals surface area (Å²) in [7, 11) is 0. The summed E-state index contributed by atoms with van der Waals surface area (Å²) in [4.78, 5) is 17.6. The molecule has 0 radical (unpaired) electrons. The first-order chi connectivity index (χ1) is 13.2. The molecule has 0 unspecified atom stereocenters. The average molecular weight is 370 g/mol. The maximum atomic E-state index is 13.0. The third kappa shape index (κ3) is 3.76. The number of ether oxygens (including phenoxy) is 1. The Morgan fingerprint density at radius 2 is 1.89 bits per heavy atom. The lowest BCUT2D eigenvalue weighted by atomic mass is 9.89. The van der Waals surface area contributed by atoms with Gasteiger partial charge in [-0.25, -0.2) is 0 Å². The molecule has 1 atom stereocenters. The Morgan fingerprint density at radius 3 is 2.59 bits per heavy atom. The van der Waals surface area contributed by atoms with E-state index in [1.807, 2.05) is 17.0 Å². The standard InChI is InChI=1S/C22H31N3O2/c1-3-23-9-8-19-16-20(4-5-21(19)23)22(26)25-10-6-18(7-11-25)17(2)24-12-14-27-15-13-24/h4-5,8-9,16-18H,3,6-7,10-15H2,1-2H3/t17-/m1/s1. The van der Waals surface area contributed by atoms with Crippen molar-refractivity contribution in [1.82, 2.24) is 14.4 Å². The van der Waals surface area contributed by atoms with Crippen LogP contribution in [0.5, 0.6) is 0 Å². The minimum Gasteiger partial charge on any atom is -0.379 e. The number of fused-ring (bicyclic) bond motifs is 1. The Kier molecular flexibility index (Phi) is 5.50. The summed E-state index contributed by atoms with van der Waals surface area (Å²) in [6.07, 6.45) is 4.29. The molecule has 0 aliphatic carbocycles. The Labute approximate surface area is 161 Å². The molecule has 2 aliphatic heterocycles. The van der Waals surface area contributed by atoms with Gasteiger partial charge in [0.15, 0.2) is 0 Å². The summed E-state index contributed by atoms with van der Waals surface area (Å²) in [6.45, 7) is 11.0. The zero-order valence-electron chi connectivity index (χ0n) is 16.6. The first kappa shape index (κ1) is 18.5. The number of aryl methyl sites for hydroxylation is 1. The van der Waals surface area contributed by atoms with Gasteiger partial charge in [0, 0.05) is 61.4 Å². The number of nitrogens with zero attached hydrogens (tertiary/aromatic N) is 3. The molecule has 5 heteroatoms. The van der Waals surface area contributed by atoms with E-state index in [0.29, 0.717) is 12.0 Å². The maximum Gasteiger partial charge on any atom is 0.253 e. The highest BCUT2D eigenvalue weighted by Gasteiger charge is 2.30. The van der Waals surface area contributed by atoms with Crippen LogP contribution in [0, 0.1) is 5.92 Å². The average Bonchev–Trinajstić information content (AvgIpc) is 3.16. The smallest absolute Gasteiger partial charge is 0.253 e. The number of morpholine rings is 1. The third-order valence-corrected chi connectivity index (χ3v) is 6.49. The number of aromatic nitrogens is 1. The molecule has 146 valence electrons. The normalized spacial score (nSPS) is 20.9. The molecule has 5 nitrogen and oxygen atoms in total. The fourth-order valence-electron chi connectivity index (χ4n) is 4.66. The van der Waals surface area contributed by atoms with E-state index < -0.39 is 0 Å². The van der Waals surface area contributed by atoms with Gasteiger partial charge in [-0.1, -0.05) is 0 Å². The van der Waals surface area contributed by atoms with Crippen molar-refractivity contribution in [2.45, 2.75) is 39.3 Å². The van der Waals surface area contributed by atoms with E-state index in [0.717, 1.165) is 69.7 Å². The number of likely N-dealkylation sites (tertiary alicyclic amines) is 1. The van der Waals surface area contributed by atoms with E-state index in [-0.39, 0.29) is 5.91 Å². The van der Waals surface area contributed by atoms with Crippen molar-refractivity contribution >= 4 is 16.8 Å². The van der Waals surface area contributed by atoms with Crippen LogP contribution >= 0.6 is 0 Å². The van der Waals surface area contributed by atoms with E-state index >= 15 is 0 Å². The molecule has 1 aromatic heterocycles. The lowest BCUT2D eigenvalue weighted by molar-refractivity contribution is -0.000949. The highest BCUT2D eigenvalue weighted by atomic mass is 16.5. The summed E-state index contributed by atoms with van der Waals surface area (Å²) < 4.78 is 7.69. The van der Waals surface area contributed by atoms with Gasteiger partial charge in [0.25, 0.3) is 5.91 Å². The van der Waals surface area contributed by atoms with Crippen LogP contribution in [-0.4, -0.2) is 65.7 Å². The minimum absolute atomic E-state index is 0.179. The van der Waals surface area contributed by atoms with Gasteiger partial charge in [0.05, 0.1) is 13.2 Å². The topological polar surface area (TPSA) is 37.7 Å². The highest BCUT2D eigenvalue weighted by Crippen LogP contribution is 2.26. The Bertz CT molecular complexity index is 786. The molecule has 3 heterocycles. The predicted octanol–water partition coefficient (Wildman–Crippen LogP) is 3.23. The first-order valence-corrected chi connectivity index (χ1v) is 10.4. The number of amides is 1. The van der Waals surface area contributed by atoms with Gasteiger partial charge in [-0.2, -0.15) is 0 Å². The van der Waals surface area contributed by atoms with Gasteiger partial charge in [-0.05, 0) is 56.9 Å². The second-order valence-corrected chi connectivity index (χ2v) is 7.89. The highest BCUT2D eigenvalue weighted by molar-refractivity contribution is 5.98. The molecule has 2 aromatic rings. The van der Waals surface area contributed by atoms with Crippen molar-refractivity contribution in [3.8, 4) is 0 Å². The van der Waals surface area contributed by atoms with E-state index in [1.54, 1.807) is 0 Å². The molecule has 0 spiro atoms. The molecule has 0 bridgehead atoms. The molecule has 2 saturated heterocycles. The van der Waals surface area contributed by atoms with Crippen LogP contribution in [0.3, 0.4) is 0 Å². The van der Waals surface area contributed by atoms with Crippen LogP contribution in [0.25, 0.3) is 10.9 Å². The van der Waals surface area contributed by atoms with Crippen LogP contribution in [-0.2, 0) is 11.3 Å². The van der Waals surface area contributed by atoms with Crippen LogP contribution < -0.4 is 0 Å². The van der Waals surface area contributed by atoms with Crippen molar-refractivity contribution in [1.29, 1.82) is 0 Å². The zero-order chi connectivity index (χ0) is 18.8. The lowest BCUT2D eigenvalue weighted by Crippen LogP contribution is -2.49. The maximum absolute atomic E-state index is 13.0. The fraction of sp³-hybridized carbons (Fsp3) is 0.591. The van der Waals surface area contributed by atoms with Crippen molar-refractivity contribution in [3.05, 3.63) is 36.0 Å². The molecule has 2 fully saturated rings. The lowest BCUT2D eigenvalue weighted by Gasteiger charge is -2.41. The van der Waals surface area contributed by atoms with Crippen LogP contribution in [0.15, 0.2) is 30.5 Å². The summed E-state index contributed by atoms with van der Waals surface area (Å²) in [5.74, 6) is 0.854. The molecule has 4 rings (SSSR count). The monoisotopic (exact) mass is 369 g/mol. The molecule has 1 amide bonds. The van der Waals surface area contributed by atoms with Gasteiger partial charge in [-0.3, -0.25) is 9.69 Å². The summed E-state index contributed by atoms with van der Waals surface area (Å²) in [5, 5.41) is 1.15. The van der Waals surface area contributed by atoms with Gasteiger partial charge < -0.3 is 14.2 Å². The molecular formula is C22H31N3O2. The third-order valence-electron chi connectivity index (χ3n) is 6.49. The molecule has 27 heavy (non-hydrogen) atoms. The van der Waals surface area contributed by atoms with Crippen molar-refractivity contribution in [2.24, 2.45) is 5.92 Å². The first-order valence-electron chi connectivity index (χ1n) is 10.4. The molecular weight excluding hydrogens is 338 g/mol. The second kappa shape index (κ2) is 8.03. The number of carbonyl (C=O) groups is 1. The number of piperidine rings is 1. The molecule has 2 aliphatic rings. The zero-order valence-corrected chi connectivity index (χ0v) is 16.6. The van der Waals surface area contributed by atoms with Gasteiger partial charge in [-0.15, -0.1) is 0 Å². The molecule has 0 saturated carbocycles. The van der Waals surface area contributed by atoms with E-state index in [2.05, 4.69) is 41.6 Å². The number of benzene rings is 1. The number of hydrogen-bond donors (Lipinski definition) is 0. The van der Waals surface area contributed by atoms with E-state index in [9.17, 15) is 4.79 Å². The molecule has 0 N–H and O–H groups in total. The van der Waals surface area contributed by atoms with Crippen molar-refractivity contribution in [3.63, 3.8) is 0 Å². The van der Waals surface area contributed by atoms with Gasteiger partial charge in [0.2, 0.25) is 0 Å². The fourth-order valence-corrected chi connectivity index (χ4v) is 4.66. The summed E-state index contributed by atoms with van der Waals surface area (Å²) in [6, 6.07) is 8.80. The van der Waals surface area contributed by atoms with Crippen LogP contribution in [0.2, 0.25) is 0 Å². The summed E-state index contributed by atoms with van der Waals surface area (Å²) >= 11 is 0. The Balaban J connectivity index is 1.38. The van der Waals surface area contributed by atoms with Crippen molar-refractivity contribution in [2.75, 3.05) is 39.4 Å². The largest absolute Gasteiger partial charge is 0.379 e. The number of rotatable bonds is 4. The van der Waals surface area contributed by atoms with Crippen molar-refractivity contribution < 1.29 is 9.53 Å². The van der Waals surface area contributed by atoms with E-state index in [1.165, 1.54) is 5.52 Å². The van der Waals surface area contributed by atoms with Gasteiger partial charge >= 0.3 is 0 Å². The Morgan fingerprint density at radius 1 is 1.15 bits per heavy atom. The summed E-state index contributed by atoms with van der Waals surface area (Å²) in [5.41, 5.74) is 2.02. The van der Waals surface area contributed by atoms with E-state index in [4.69, 9.17) is 4.74 Å². The number of hydrogen-bond acceptors (Lipinski definition) is 3. The second-order valence-electron chi connectivity index (χ2n) is 7.89. The SMILES string of the molecule is CCn1ccc2cc(C(=O)N3CCC([C@@H](C)N4CCOCC4)CC3)ccc21. The van der Waals surface area contributed by atoms with Gasteiger partial charge in [0.1, 0.15) is 0 Å². The van der Waals surface area contributed by atoms with Crippen LogP contribution in [0.1, 0.15) is 37.0 Å². The quantitative estimate of drug-likeness (QED) is 0.830. The minimum atomic E-state index is 0.179. The number of carbonyl (C=O) groups excluding carboxylic acids is 1. The van der Waals surface area contributed by atoms with Crippen LogP contribution in [0.4, 0.5) is 0 Å². The predicted molar refractivity (Wildman–Crippen MR) is 108 cm³/mol. The molecule has 1 aromatic carbocycles.